The molecular weight excluding hydrogens is 464 g/mol. The number of nitrogens with one attached hydrogen (secondary N) is 2. The summed E-state index contributed by atoms with van der Waals surface area (Å²) in [5, 5.41) is 6.26. The van der Waals surface area contributed by atoms with Crippen LogP contribution in [-0.4, -0.2) is 49.9 Å². The average Bonchev–Trinajstić information content (AvgIpc) is 3.01. The Morgan fingerprint density at radius 3 is 2.69 bits per heavy atom. The first-order valence-corrected chi connectivity index (χ1v) is 8.07. The highest BCUT2D eigenvalue weighted by Gasteiger charge is 2.31. The zero-order valence-electron chi connectivity index (χ0n) is 14.7. The third kappa shape index (κ3) is 7.14. The Hall–Kier alpha value is -1.30. The van der Waals surface area contributed by atoms with Gasteiger partial charge in [-0.3, -0.25) is 4.99 Å². The van der Waals surface area contributed by atoms with Crippen molar-refractivity contribution < 1.29 is 22.6 Å². The van der Waals surface area contributed by atoms with Gasteiger partial charge in [0.1, 0.15) is 6.61 Å². The lowest BCUT2D eigenvalue weighted by atomic mass is 10.0. The fourth-order valence-electron chi connectivity index (χ4n) is 2.43. The molecule has 1 fully saturated rings. The fraction of sp³-hybridized carbons (Fsp3) is 0.625. The molecule has 0 radical (unpaired) electrons. The van der Waals surface area contributed by atoms with Crippen molar-refractivity contribution in [2.45, 2.75) is 31.5 Å². The van der Waals surface area contributed by atoms with Gasteiger partial charge < -0.3 is 20.1 Å². The second kappa shape index (κ2) is 10.1. The molecule has 0 bridgehead atoms. The standard InChI is InChI=1S/C16H23F3N4O2.HI/c1-15(6-3-8-25-15)11-23-14(20-2)21-7-9-24-13-5-4-12(10-22-13)16(17,18)19;/h4-5,10H,3,6-9,11H2,1-2H3,(H2,20,21,23);1H. The second-order valence-electron chi connectivity index (χ2n) is 5.99. The van der Waals surface area contributed by atoms with Crippen molar-refractivity contribution in [2.75, 3.05) is 33.4 Å². The Balaban J connectivity index is 0.00000338. The predicted molar refractivity (Wildman–Crippen MR) is 103 cm³/mol. The normalized spacial score (nSPS) is 20.4. The molecule has 10 heteroatoms. The van der Waals surface area contributed by atoms with Gasteiger partial charge in [-0.05, 0) is 25.8 Å². The first-order chi connectivity index (χ1) is 11.8. The van der Waals surface area contributed by atoms with E-state index in [9.17, 15) is 13.2 Å². The van der Waals surface area contributed by atoms with Crippen molar-refractivity contribution in [1.82, 2.24) is 15.6 Å². The molecule has 0 spiro atoms. The number of hydrogen-bond donors (Lipinski definition) is 2. The molecule has 6 nitrogen and oxygen atoms in total. The largest absolute Gasteiger partial charge is 0.476 e. The van der Waals surface area contributed by atoms with Crippen LogP contribution in [0.25, 0.3) is 0 Å². The third-order valence-electron chi connectivity index (χ3n) is 3.86. The first-order valence-electron chi connectivity index (χ1n) is 8.07. The number of aromatic nitrogens is 1. The van der Waals surface area contributed by atoms with Gasteiger partial charge in [0, 0.05) is 32.5 Å². The highest BCUT2D eigenvalue weighted by Crippen LogP contribution is 2.29. The van der Waals surface area contributed by atoms with Crippen molar-refractivity contribution in [2.24, 2.45) is 4.99 Å². The maximum Gasteiger partial charge on any atom is 0.417 e. The molecule has 1 aromatic heterocycles. The molecule has 0 aliphatic carbocycles. The lowest BCUT2D eigenvalue weighted by Gasteiger charge is -2.24. The van der Waals surface area contributed by atoms with E-state index in [1.165, 1.54) is 6.07 Å². The van der Waals surface area contributed by atoms with Crippen LogP contribution >= 0.6 is 24.0 Å². The number of nitrogens with zero attached hydrogens (tertiary/aromatic N) is 2. The van der Waals surface area contributed by atoms with E-state index in [2.05, 4.69) is 27.5 Å². The van der Waals surface area contributed by atoms with Gasteiger partial charge in [-0.2, -0.15) is 13.2 Å². The highest BCUT2D eigenvalue weighted by atomic mass is 127. The molecule has 26 heavy (non-hydrogen) atoms. The minimum absolute atomic E-state index is 0. The van der Waals surface area contributed by atoms with Gasteiger partial charge in [0.2, 0.25) is 5.88 Å². The summed E-state index contributed by atoms with van der Waals surface area (Å²) >= 11 is 0. The Labute approximate surface area is 168 Å². The van der Waals surface area contributed by atoms with Crippen LogP contribution in [0.5, 0.6) is 5.88 Å². The maximum atomic E-state index is 12.4. The number of guanidine groups is 1. The number of alkyl halides is 3. The molecule has 1 saturated heterocycles. The summed E-state index contributed by atoms with van der Waals surface area (Å²) in [6, 6.07) is 2.15. The monoisotopic (exact) mass is 488 g/mol. The van der Waals surface area contributed by atoms with Gasteiger partial charge in [0.25, 0.3) is 0 Å². The summed E-state index contributed by atoms with van der Waals surface area (Å²) in [7, 11) is 1.66. The first kappa shape index (κ1) is 22.7. The number of pyridine rings is 1. The zero-order valence-corrected chi connectivity index (χ0v) is 17.1. The van der Waals surface area contributed by atoms with Crippen LogP contribution in [0.15, 0.2) is 23.3 Å². The average molecular weight is 488 g/mol. The predicted octanol–water partition coefficient (Wildman–Crippen LogP) is 2.83. The molecule has 148 valence electrons. The topological polar surface area (TPSA) is 67.8 Å². The van der Waals surface area contributed by atoms with Crippen LogP contribution in [-0.2, 0) is 10.9 Å². The van der Waals surface area contributed by atoms with E-state index in [0.29, 0.717) is 19.0 Å². The number of ether oxygens (including phenoxy) is 2. The summed E-state index contributed by atoms with van der Waals surface area (Å²) in [4.78, 5) is 7.75. The van der Waals surface area contributed by atoms with Crippen LogP contribution in [0, 0.1) is 0 Å². The lowest BCUT2D eigenvalue weighted by molar-refractivity contribution is -0.137. The van der Waals surface area contributed by atoms with E-state index in [4.69, 9.17) is 9.47 Å². The summed E-state index contributed by atoms with van der Waals surface area (Å²) in [5.41, 5.74) is -0.983. The Bertz CT molecular complexity index is 576. The number of hydrogen-bond acceptors (Lipinski definition) is 4. The molecule has 1 atom stereocenters. The minimum Gasteiger partial charge on any atom is -0.476 e. The summed E-state index contributed by atoms with van der Waals surface area (Å²) in [5.74, 6) is 0.755. The van der Waals surface area contributed by atoms with E-state index >= 15 is 0 Å². The third-order valence-corrected chi connectivity index (χ3v) is 3.86. The van der Waals surface area contributed by atoms with Crippen molar-refractivity contribution >= 4 is 29.9 Å². The SMILES string of the molecule is CN=C(NCCOc1ccc(C(F)(F)F)cn1)NCC1(C)CCCO1.I. The van der Waals surface area contributed by atoms with Crippen molar-refractivity contribution in [3.05, 3.63) is 23.9 Å². The van der Waals surface area contributed by atoms with Gasteiger partial charge in [0.05, 0.1) is 17.7 Å². The van der Waals surface area contributed by atoms with Crippen molar-refractivity contribution in [1.29, 1.82) is 0 Å². The molecule has 0 saturated carbocycles. The molecule has 0 amide bonds. The molecule has 1 aliphatic heterocycles. The molecule has 0 aromatic carbocycles. The Kier molecular flexibility index (Phi) is 8.87. The van der Waals surface area contributed by atoms with Crippen molar-refractivity contribution in [3.8, 4) is 5.88 Å². The lowest BCUT2D eigenvalue weighted by Crippen LogP contribution is -2.46. The van der Waals surface area contributed by atoms with Crippen molar-refractivity contribution in [3.63, 3.8) is 0 Å². The van der Waals surface area contributed by atoms with Crippen LogP contribution in [0.2, 0.25) is 0 Å². The van der Waals surface area contributed by atoms with Gasteiger partial charge in [-0.25, -0.2) is 4.98 Å². The Morgan fingerprint density at radius 2 is 2.15 bits per heavy atom. The zero-order chi connectivity index (χ0) is 18.3. The molecule has 2 heterocycles. The smallest absolute Gasteiger partial charge is 0.417 e. The molecule has 2 rings (SSSR count). The molecule has 2 N–H and O–H groups in total. The summed E-state index contributed by atoms with van der Waals surface area (Å²) in [6.07, 6.45) is -1.59. The summed E-state index contributed by atoms with van der Waals surface area (Å²) in [6.45, 7) is 4.15. The van der Waals surface area contributed by atoms with E-state index in [1.54, 1.807) is 7.05 Å². The molecule has 1 aliphatic rings. The van der Waals surface area contributed by atoms with Crippen LogP contribution in [0.1, 0.15) is 25.3 Å². The molecule has 1 unspecified atom stereocenters. The van der Waals surface area contributed by atoms with Gasteiger partial charge in [-0.15, -0.1) is 24.0 Å². The van der Waals surface area contributed by atoms with E-state index in [1.807, 2.05) is 0 Å². The van der Waals surface area contributed by atoms with Crippen LogP contribution in [0.3, 0.4) is 0 Å². The van der Waals surface area contributed by atoms with E-state index in [-0.39, 0.29) is 42.1 Å². The van der Waals surface area contributed by atoms with Crippen LogP contribution in [0.4, 0.5) is 13.2 Å². The maximum absolute atomic E-state index is 12.4. The minimum atomic E-state index is -4.40. The van der Waals surface area contributed by atoms with E-state index in [0.717, 1.165) is 31.7 Å². The van der Waals surface area contributed by atoms with Gasteiger partial charge in [0.15, 0.2) is 5.96 Å². The number of halogens is 4. The molecule has 1 aromatic rings. The van der Waals surface area contributed by atoms with Gasteiger partial charge >= 0.3 is 6.18 Å². The number of rotatable bonds is 6. The second-order valence-corrected chi connectivity index (χ2v) is 5.99. The fourth-order valence-corrected chi connectivity index (χ4v) is 2.43. The Morgan fingerprint density at radius 1 is 1.38 bits per heavy atom. The van der Waals surface area contributed by atoms with E-state index < -0.39 is 11.7 Å². The van der Waals surface area contributed by atoms with Gasteiger partial charge in [-0.1, -0.05) is 0 Å². The summed E-state index contributed by atoms with van der Waals surface area (Å²) < 4.78 is 48.3. The highest BCUT2D eigenvalue weighted by molar-refractivity contribution is 14.0. The number of aliphatic imine (C=N–C) groups is 1. The van der Waals surface area contributed by atoms with Crippen LogP contribution < -0.4 is 15.4 Å². The quantitative estimate of drug-likeness (QED) is 0.279. The molecular formula is C16H24F3IN4O2.